The van der Waals surface area contributed by atoms with Gasteiger partial charge in [0.25, 0.3) is 0 Å². The molecule has 2 unspecified atom stereocenters. The van der Waals surface area contributed by atoms with Crippen LogP contribution >= 0.6 is 0 Å². The zero-order valence-electron chi connectivity index (χ0n) is 46.8. The lowest BCUT2D eigenvalue weighted by molar-refractivity contribution is -0.159. The number of esters is 2. The molecule has 72 heavy (non-hydrogen) atoms. The van der Waals surface area contributed by atoms with E-state index in [-0.39, 0.29) is 28.5 Å². The van der Waals surface area contributed by atoms with E-state index in [0.29, 0.717) is 46.2 Å². The molecule has 0 saturated heterocycles. The molecule has 1 N–H and O–H groups in total. The molecule has 402 valence electrons. The smallest absolute Gasteiger partial charge is 0.330 e. The maximum Gasteiger partial charge on any atom is 0.330 e. The Morgan fingerprint density at radius 2 is 0.917 bits per heavy atom. The molecule has 0 heterocycles. The number of carbonyl (C=O) groups excluding carboxylic acids is 2. The quantitative estimate of drug-likeness (QED) is 0.0341. The van der Waals surface area contributed by atoms with Gasteiger partial charge in [0.15, 0.2) is 0 Å². The van der Waals surface area contributed by atoms with Gasteiger partial charge in [-0.15, -0.1) is 0 Å². The molecule has 0 aromatic heterocycles. The van der Waals surface area contributed by atoms with E-state index >= 15 is 0 Å². The van der Waals surface area contributed by atoms with Crippen molar-refractivity contribution in [3.05, 3.63) is 121 Å². The highest BCUT2D eigenvalue weighted by molar-refractivity contribution is 5.82. The van der Waals surface area contributed by atoms with E-state index in [2.05, 4.69) is 99.8 Å². The number of nitrogens with one attached hydrogen (secondary N) is 1. The molecule has 0 spiro atoms. The summed E-state index contributed by atoms with van der Waals surface area (Å²) in [7, 11) is 0. The summed E-state index contributed by atoms with van der Waals surface area (Å²) in [5, 5.41) is 3.52. The average Bonchev–Trinajstić information content (AvgIpc) is 3.30. The van der Waals surface area contributed by atoms with Crippen LogP contribution in [0.15, 0.2) is 110 Å². The standard InChI is InChI=1S/C61H93NO10/c1-17-53(63)71-59(11,12)51(47-28-21-19-22-29-47)44-69-58(9,10)46-62-39-27-41-68-57(7,8)38-43-66-50-34-32-49(33-35-50)65-42-37-56(5,6)67-40-26-25-36-55(3,4)61(15,16)70-45-52(48-30-23-20-24-31-48)60(13,14)72-54(64)18-2/h17-24,28-35,51-52,62H,1-2,25-27,36-46H2,3-16H3. The van der Waals surface area contributed by atoms with Crippen LogP contribution in [0.3, 0.4) is 0 Å². The van der Waals surface area contributed by atoms with E-state index in [1.807, 2.05) is 100 Å². The van der Waals surface area contributed by atoms with Crippen LogP contribution < -0.4 is 14.8 Å². The van der Waals surface area contributed by atoms with Crippen molar-refractivity contribution in [3.8, 4) is 11.5 Å². The molecular weight excluding hydrogens is 907 g/mol. The zero-order chi connectivity index (χ0) is 53.7. The lowest BCUT2D eigenvalue weighted by atomic mass is 9.73. The SMILES string of the molecule is C=CC(=O)OC(C)(C)C(COC(C)(C)CNCCCOC(C)(C)CCOc1ccc(OCCC(C)(C)OCCCCC(C)(C)C(C)(C)OCC(c2ccccc2)C(C)(C)OC(=O)C=C)cc1)c1ccccc1. The molecule has 3 aromatic carbocycles. The van der Waals surface area contributed by atoms with Gasteiger partial charge in [0.05, 0.1) is 48.8 Å². The second kappa shape index (κ2) is 28.2. The number of carbonyl (C=O) groups is 2. The summed E-state index contributed by atoms with van der Waals surface area (Å²) >= 11 is 0. The van der Waals surface area contributed by atoms with Crippen LogP contribution in [0.5, 0.6) is 11.5 Å². The largest absolute Gasteiger partial charge is 0.493 e. The van der Waals surface area contributed by atoms with Gasteiger partial charge in [0.1, 0.15) is 22.7 Å². The van der Waals surface area contributed by atoms with Gasteiger partial charge < -0.3 is 43.2 Å². The highest BCUT2D eigenvalue weighted by Crippen LogP contribution is 2.41. The third-order valence-corrected chi connectivity index (χ3v) is 14.0. The predicted molar refractivity (Wildman–Crippen MR) is 291 cm³/mol. The van der Waals surface area contributed by atoms with Gasteiger partial charge in [-0.25, -0.2) is 9.59 Å². The fourth-order valence-corrected chi connectivity index (χ4v) is 8.22. The van der Waals surface area contributed by atoms with Crippen LogP contribution in [0.1, 0.15) is 158 Å². The Morgan fingerprint density at radius 1 is 0.500 bits per heavy atom. The highest BCUT2D eigenvalue weighted by Gasteiger charge is 2.41. The second-order valence-electron chi connectivity index (χ2n) is 23.0. The first kappa shape index (κ1) is 61.8. The van der Waals surface area contributed by atoms with E-state index < -0.39 is 34.3 Å². The molecule has 0 aliphatic heterocycles. The molecule has 11 nitrogen and oxygen atoms in total. The summed E-state index contributed by atoms with van der Waals surface area (Å²) in [5.74, 6) is 0.360. The summed E-state index contributed by atoms with van der Waals surface area (Å²) in [4.78, 5) is 24.3. The highest BCUT2D eigenvalue weighted by atomic mass is 16.6. The van der Waals surface area contributed by atoms with Crippen LogP contribution in [0.2, 0.25) is 0 Å². The number of rotatable bonds is 36. The third-order valence-electron chi connectivity index (χ3n) is 14.0. The van der Waals surface area contributed by atoms with Gasteiger partial charge in [-0.3, -0.25) is 0 Å². The zero-order valence-corrected chi connectivity index (χ0v) is 46.8. The first-order valence-electron chi connectivity index (χ1n) is 26.1. The minimum Gasteiger partial charge on any atom is -0.493 e. The average molecular weight is 1000 g/mol. The summed E-state index contributed by atoms with van der Waals surface area (Å²) in [6.07, 6.45) is 7.66. The van der Waals surface area contributed by atoms with Gasteiger partial charge in [-0.2, -0.15) is 0 Å². The number of hydrogen-bond donors (Lipinski definition) is 1. The van der Waals surface area contributed by atoms with Gasteiger partial charge in [-0.1, -0.05) is 94.1 Å². The van der Waals surface area contributed by atoms with Gasteiger partial charge >= 0.3 is 11.9 Å². The molecule has 0 saturated carbocycles. The second-order valence-corrected chi connectivity index (χ2v) is 23.0. The van der Waals surface area contributed by atoms with Crippen molar-refractivity contribution in [1.82, 2.24) is 5.32 Å². The van der Waals surface area contributed by atoms with E-state index in [0.717, 1.165) is 67.7 Å². The minimum absolute atomic E-state index is 0.122. The van der Waals surface area contributed by atoms with Crippen LogP contribution in [0.25, 0.3) is 0 Å². The van der Waals surface area contributed by atoms with E-state index in [1.54, 1.807) is 0 Å². The van der Waals surface area contributed by atoms with Gasteiger partial charge in [0, 0.05) is 56.6 Å². The Kier molecular flexibility index (Phi) is 24.2. The Balaban J connectivity index is 1.30. The number of benzene rings is 3. The summed E-state index contributed by atoms with van der Waals surface area (Å²) in [5.41, 5.74) is -1.15. The van der Waals surface area contributed by atoms with Crippen molar-refractivity contribution in [2.75, 3.05) is 52.7 Å². The molecule has 3 rings (SSSR count). The molecule has 0 aliphatic rings. The third kappa shape index (κ3) is 21.9. The summed E-state index contributed by atoms with van der Waals surface area (Å²) in [6.45, 7) is 40.8. The first-order valence-corrected chi connectivity index (χ1v) is 26.1. The summed E-state index contributed by atoms with van der Waals surface area (Å²) < 4.78 is 49.5. The van der Waals surface area contributed by atoms with Crippen molar-refractivity contribution >= 4 is 11.9 Å². The number of hydrogen-bond acceptors (Lipinski definition) is 11. The molecule has 0 fully saturated rings. The molecular formula is C61H93NO10. The molecule has 0 bridgehead atoms. The monoisotopic (exact) mass is 1000 g/mol. The van der Waals surface area contributed by atoms with Crippen LogP contribution in [0, 0.1) is 5.41 Å². The fourth-order valence-electron chi connectivity index (χ4n) is 8.22. The molecule has 2 atom stereocenters. The van der Waals surface area contributed by atoms with Crippen molar-refractivity contribution < 1.29 is 47.5 Å². The topological polar surface area (TPSA) is 120 Å². The van der Waals surface area contributed by atoms with Crippen LogP contribution in [-0.4, -0.2) is 98.3 Å². The Morgan fingerprint density at radius 3 is 1.35 bits per heavy atom. The number of ether oxygens (including phenoxy) is 8. The Bertz CT molecular complexity index is 2060. The van der Waals surface area contributed by atoms with Crippen molar-refractivity contribution in [1.29, 1.82) is 0 Å². The van der Waals surface area contributed by atoms with Crippen molar-refractivity contribution in [3.63, 3.8) is 0 Å². The van der Waals surface area contributed by atoms with Gasteiger partial charge in [0.2, 0.25) is 0 Å². The molecule has 0 radical (unpaired) electrons. The lowest BCUT2D eigenvalue weighted by Gasteiger charge is -2.44. The summed E-state index contributed by atoms with van der Waals surface area (Å²) in [6, 6.07) is 27.9. The molecule has 3 aromatic rings. The fraction of sp³-hybridized carbons (Fsp3) is 0.607. The van der Waals surface area contributed by atoms with E-state index in [4.69, 9.17) is 37.9 Å². The van der Waals surface area contributed by atoms with Crippen molar-refractivity contribution in [2.24, 2.45) is 5.41 Å². The van der Waals surface area contributed by atoms with E-state index in [9.17, 15) is 9.59 Å². The predicted octanol–water partition coefficient (Wildman–Crippen LogP) is 13.2. The van der Waals surface area contributed by atoms with Crippen LogP contribution in [-0.2, 0) is 38.0 Å². The lowest BCUT2D eigenvalue weighted by Crippen LogP contribution is -2.45. The molecule has 0 amide bonds. The normalized spacial score (nSPS) is 13.8. The number of unbranched alkanes of at least 4 members (excludes halogenated alkanes) is 1. The first-order chi connectivity index (χ1) is 33.6. The van der Waals surface area contributed by atoms with E-state index in [1.165, 1.54) is 12.2 Å². The van der Waals surface area contributed by atoms with Crippen LogP contribution in [0.4, 0.5) is 0 Å². The minimum atomic E-state index is -0.793. The molecule has 11 heteroatoms. The Hall–Kier alpha value is -4.52. The Labute approximate surface area is 435 Å². The molecule has 0 aliphatic carbocycles. The van der Waals surface area contributed by atoms with Crippen molar-refractivity contribution in [2.45, 2.75) is 181 Å². The maximum atomic E-state index is 12.2. The van der Waals surface area contributed by atoms with Gasteiger partial charge in [-0.05, 0) is 150 Å². The maximum absolute atomic E-state index is 12.2.